The molecular formula is C30H36N6O4. The van der Waals surface area contributed by atoms with Crippen molar-refractivity contribution in [1.29, 1.82) is 0 Å². The second kappa shape index (κ2) is 10.9. The predicted octanol–water partition coefficient (Wildman–Crippen LogP) is 4.81. The first kappa shape index (κ1) is 26.3. The molecule has 0 aliphatic carbocycles. The lowest BCUT2D eigenvalue weighted by Gasteiger charge is -2.34. The highest BCUT2D eigenvalue weighted by Gasteiger charge is 2.30. The van der Waals surface area contributed by atoms with E-state index in [-0.39, 0.29) is 12.0 Å². The molecule has 6 rings (SSSR count). The van der Waals surface area contributed by atoms with E-state index < -0.39 is 5.60 Å². The highest BCUT2D eigenvalue weighted by Crippen LogP contribution is 2.32. The SMILES string of the molecule is CC(C)(C)OC(=O)N1CCC(c2cnc(N3CCOCC3)c3nc(COc4ccc5ccccc5n4)cn23)CC1. The fraction of sp³-hybridized carbons (Fsp3) is 0.467. The Bertz CT molecular complexity index is 1500. The lowest BCUT2D eigenvalue weighted by molar-refractivity contribution is 0.0203. The molecule has 2 aliphatic rings. The molecule has 3 aromatic heterocycles. The number of amides is 1. The van der Waals surface area contributed by atoms with Gasteiger partial charge >= 0.3 is 6.09 Å². The molecule has 0 radical (unpaired) electrons. The van der Waals surface area contributed by atoms with Crippen molar-refractivity contribution in [1.82, 2.24) is 24.3 Å². The number of hydrogen-bond acceptors (Lipinski definition) is 8. The third kappa shape index (κ3) is 5.67. The summed E-state index contributed by atoms with van der Waals surface area (Å²) in [5, 5.41) is 1.08. The Morgan fingerprint density at radius 2 is 1.80 bits per heavy atom. The van der Waals surface area contributed by atoms with Gasteiger partial charge in [0.1, 0.15) is 12.2 Å². The number of nitrogens with zero attached hydrogens (tertiary/aromatic N) is 6. The Kier molecular flexibility index (Phi) is 7.18. The number of imidazole rings is 1. The van der Waals surface area contributed by atoms with Crippen LogP contribution in [0.1, 0.15) is 50.9 Å². The Morgan fingerprint density at radius 3 is 2.58 bits per heavy atom. The van der Waals surface area contributed by atoms with Crippen LogP contribution in [0.3, 0.4) is 0 Å². The van der Waals surface area contributed by atoms with Crippen molar-refractivity contribution in [2.45, 2.75) is 51.7 Å². The van der Waals surface area contributed by atoms with E-state index in [1.807, 2.05) is 63.4 Å². The number of benzene rings is 1. The lowest BCUT2D eigenvalue weighted by atomic mass is 9.94. The molecule has 1 amide bonds. The summed E-state index contributed by atoms with van der Waals surface area (Å²) in [4.78, 5) is 31.2. The maximum absolute atomic E-state index is 12.6. The highest BCUT2D eigenvalue weighted by molar-refractivity contribution is 5.78. The minimum atomic E-state index is -0.503. The van der Waals surface area contributed by atoms with E-state index in [1.54, 1.807) is 4.90 Å². The van der Waals surface area contributed by atoms with E-state index in [2.05, 4.69) is 20.5 Å². The molecule has 2 fully saturated rings. The van der Waals surface area contributed by atoms with Crippen LogP contribution < -0.4 is 9.64 Å². The minimum absolute atomic E-state index is 0.248. The van der Waals surface area contributed by atoms with E-state index in [4.69, 9.17) is 24.2 Å². The smallest absolute Gasteiger partial charge is 0.410 e. The molecule has 0 bridgehead atoms. The van der Waals surface area contributed by atoms with Crippen molar-refractivity contribution in [3.63, 3.8) is 0 Å². The van der Waals surface area contributed by atoms with Crippen LogP contribution in [0.2, 0.25) is 0 Å². The first-order valence-electron chi connectivity index (χ1n) is 14.0. The number of carbonyl (C=O) groups excluding carboxylic acids is 1. The molecule has 2 aliphatic heterocycles. The largest absolute Gasteiger partial charge is 0.471 e. The number of rotatable bonds is 5. The molecule has 2 saturated heterocycles. The second-order valence-electron chi connectivity index (χ2n) is 11.4. The van der Waals surface area contributed by atoms with Gasteiger partial charge in [-0.3, -0.25) is 4.40 Å². The Morgan fingerprint density at radius 1 is 1.02 bits per heavy atom. The fourth-order valence-electron chi connectivity index (χ4n) is 5.36. The van der Waals surface area contributed by atoms with Crippen LogP contribution in [0, 0.1) is 0 Å². The van der Waals surface area contributed by atoms with Gasteiger partial charge in [0, 0.05) is 61.6 Å². The van der Waals surface area contributed by atoms with E-state index in [0.29, 0.717) is 38.8 Å². The zero-order valence-corrected chi connectivity index (χ0v) is 23.4. The number of fused-ring (bicyclic) bond motifs is 2. The highest BCUT2D eigenvalue weighted by atomic mass is 16.6. The number of piperidine rings is 1. The number of carbonyl (C=O) groups is 1. The number of likely N-dealkylation sites (tertiary alicyclic amines) is 1. The van der Waals surface area contributed by atoms with Crippen LogP contribution in [0.15, 0.2) is 48.8 Å². The molecular weight excluding hydrogens is 508 g/mol. The molecule has 0 N–H and O–H groups in total. The van der Waals surface area contributed by atoms with E-state index in [9.17, 15) is 4.79 Å². The normalized spacial score (nSPS) is 17.0. The van der Waals surface area contributed by atoms with Gasteiger partial charge in [0.2, 0.25) is 5.88 Å². The van der Waals surface area contributed by atoms with Gasteiger partial charge in [0.25, 0.3) is 0 Å². The van der Waals surface area contributed by atoms with E-state index in [1.165, 1.54) is 0 Å². The monoisotopic (exact) mass is 544 g/mol. The molecule has 10 nitrogen and oxygen atoms in total. The van der Waals surface area contributed by atoms with Gasteiger partial charge in [-0.1, -0.05) is 18.2 Å². The summed E-state index contributed by atoms with van der Waals surface area (Å²) in [6.45, 7) is 10.2. The molecule has 40 heavy (non-hydrogen) atoms. The van der Waals surface area contributed by atoms with Crippen LogP contribution in [-0.4, -0.2) is 75.3 Å². The third-order valence-electron chi connectivity index (χ3n) is 7.37. The van der Waals surface area contributed by atoms with Gasteiger partial charge in [-0.25, -0.2) is 19.7 Å². The molecule has 0 atom stereocenters. The summed E-state index contributed by atoms with van der Waals surface area (Å²) in [5.74, 6) is 1.67. The summed E-state index contributed by atoms with van der Waals surface area (Å²) >= 11 is 0. The lowest BCUT2D eigenvalue weighted by Crippen LogP contribution is -2.41. The van der Waals surface area contributed by atoms with Crippen LogP contribution in [0.25, 0.3) is 16.6 Å². The summed E-state index contributed by atoms with van der Waals surface area (Å²) in [7, 11) is 0. The molecule has 10 heteroatoms. The van der Waals surface area contributed by atoms with Crippen molar-refractivity contribution >= 4 is 28.5 Å². The Hall–Kier alpha value is -3.92. The van der Waals surface area contributed by atoms with Gasteiger partial charge < -0.3 is 24.0 Å². The Labute approximate surface area is 233 Å². The maximum atomic E-state index is 12.6. The number of aromatic nitrogens is 4. The fourth-order valence-corrected chi connectivity index (χ4v) is 5.36. The van der Waals surface area contributed by atoms with Gasteiger partial charge in [-0.2, -0.15) is 0 Å². The molecule has 5 heterocycles. The molecule has 0 unspecified atom stereocenters. The number of pyridine rings is 1. The van der Waals surface area contributed by atoms with Crippen LogP contribution in [-0.2, 0) is 16.1 Å². The minimum Gasteiger partial charge on any atom is -0.471 e. The summed E-state index contributed by atoms with van der Waals surface area (Å²) < 4.78 is 19.4. The van der Waals surface area contributed by atoms with E-state index >= 15 is 0 Å². The number of hydrogen-bond donors (Lipinski definition) is 0. The first-order valence-corrected chi connectivity index (χ1v) is 14.0. The van der Waals surface area contributed by atoms with Gasteiger partial charge in [-0.05, 0) is 45.7 Å². The van der Waals surface area contributed by atoms with Gasteiger partial charge in [-0.15, -0.1) is 0 Å². The van der Waals surface area contributed by atoms with Crippen molar-refractivity contribution in [3.05, 3.63) is 60.2 Å². The van der Waals surface area contributed by atoms with Crippen molar-refractivity contribution in [2.75, 3.05) is 44.3 Å². The second-order valence-corrected chi connectivity index (χ2v) is 11.4. The van der Waals surface area contributed by atoms with Gasteiger partial charge in [0.15, 0.2) is 11.5 Å². The van der Waals surface area contributed by atoms with E-state index in [0.717, 1.165) is 59.7 Å². The predicted molar refractivity (Wildman–Crippen MR) is 152 cm³/mol. The molecule has 0 saturated carbocycles. The summed E-state index contributed by atoms with van der Waals surface area (Å²) in [5.41, 5.74) is 3.12. The third-order valence-corrected chi connectivity index (χ3v) is 7.37. The number of para-hydroxylation sites is 1. The molecule has 4 aromatic rings. The molecule has 210 valence electrons. The number of anilines is 1. The zero-order valence-electron chi connectivity index (χ0n) is 23.4. The average molecular weight is 545 g/mol. The average Bonchev–Trinajstić information content (AvgIpc) is 3.39. The van der Waals surface area contributed by atoms with Crippen LogP contribution >= 0.6 is 0 Å². The van der Waals surface area contributed by atoms with Crippen molar-refractivity contribution in [2.24, 2.45) is 0 Å². The summed E-state index contributed by atoms with van der Waals surface area (Å²) in [6.07, 6.45) is 5.44. The quantitative estimate of drug-likeness (QED) is 0.353. The zero-order chi connectivity index (χ0) is 27.7. The van der Waals surface area contributed by atoms with Crippen molar-refractivity contribution < 1.29 is 19.0 Å². The maximum Gasteiger partial charge on any atom is 0.410 e. The topological polar surface area (TPSA) is 94.3 Å². The first-order chi connectivity index (χ1) is 19.3. The number of ether oxygens (including phenoxy) is 3. The summed E-state index contributed by atoms with van der Waals surface area (Å²) in [6, 6.07) is 11.9. The van der Waals surface area contributed by atoms with Crippen LogP contribution in [0.4, 0.5) is 10.6 Å². The standard InChI is InChI=1S/C30H36N6O4/c1-30(2,3)40-29(37)35-12-10-22(11-13-35)25-18-31-27(34-14-16-38-17-15-34)28-32-23(19-36(25)28)20-39-26-9-8-21-6-4-5-7-24(21)33-26/h4-9,18-19,22H,10-17,20H2,1-3H3. The van der Waals surface area contributed by atoms with Crippen molar-refractivity contribution in [3.8, 4) is 5.88 Å². The van der Waals surface area contributed by atoms with Crippen LogP contribution in [0.5, 0.6) is 5.88 Å². The molecule has 0 spiro atoms. The van der Waals surface area contributed by atoms with Gasteiger partial charge in [0.05, 0.1) is 24.4 Å². The Balaban J connectivity index is 1.24. The molecule has 1 aromatic carbocycles. The number of morpholine rings is 1.